The zero-order chi connectivity index (χ0) is 17.7. The fourth-order valence-electron chi connectivity index (χ4n) is 3.96. The average Bonchev–Trinajstić information content (AvgIpc) is 2.74. The highest BCUT2D eigenvalue weighted by atomic mass is 19.3. The summed E-state index contributed by atoms with van der Waals surface area (Å²) in [5.74, 6) is -6.62. The van der Waals surface area contributed by atoms with Gasteiger partial charge >= 0.3 is 12.1 Å². The summed E-state index contributed by atoms with van der Waals surface area (Å²) in [6.45, 7) is 8.29. The lowest BCUT2D eigenvalue weighted by Crippen LogP contribution is -2.51. The first kappa shape index (κ1) is 17.9. The SMILES string of the molecule is C[C@H]1CC(F)(F)[C@@H](C)[C@H]2[C@@H]1CN(C(=O)OC(C)(C)C)[C@@H]2C(=O)O. The summed E-state index contributed by atoms with van der Waals surface area (Å²) in [4.78, 5) is 25.2. The number of halogens is 2. The van der Waals surface area contributed by atoms with Crippen molar-refractivity contribution in [3.63, 3.8) is 0 Å². The lowest BCUT2D eigenvalue weighted by atomic mass is 9.65. The van der Waals surface area contributed by atoms with Crippen molar-refractivity contribution >= 4 is 12.1 Å². The largest absolute Gasteiger partial charge is 0.480 e. The molecule has 1 N–H and O–H groups in total. The Bertz CT molecular complexity index is 503. The Hall–Kier alpha value is -1.40. The Labute approximate surface area is 135 Å². The number of aliphatic carboxylic acids is 1. The zero-order valence-corrected chi connectivity index (χ0v) is 14.2. The molecule has 132 valence electrons. The highest BCUT2D eigenvalue weighted by Crippen LogP contribution is 2.52. The molecule has 1 heterocycles. The number of hydrogen-bond donors (Lipinski definition) is 1. The van der Waals surface area contributed by atoms with Gasteiger partial charge < -0.3 is 9.84 Å². The predicted octanol–water partition coefficient (Wildman–Crippen LogP) is 3.23. The van der Waals surface area contributed by atoms with Crippen LogP contribution < -0.4 is 0 Å². The van der Waals surface area contributed by atoms with Gasteiger partial charge in [-0.15, -0.1) is 0 Å². The molecule has 0 aromatic carbocycles. The molecule has 7 heteroatoms. The zero-order valence-electron chi connectivity index (χ0n) is 14.2. The molecule has 0 radical (unpaired) electrons. The van der Waals surface area contributed by atoms with Gasteiger partial charge in [0.05, 0.1) is 0 Å². The van der Waals surface area contributed by atoms with E-state index in [1.165, 1.54) is 6.92 Å². The maximum atomic E-state index is 14.2. The highest BCUT2D eigenvalue weighted by Gasteiger charge is 2.61. The molecule has 5 nitrogen and oxygen atoms in total. The lowest BCUT2D eigenvalue weighted by Gasteiger charge is -2.42. The van der Waals surface area contributed by atoms with Gasteiger partial charge in [-0.25, -0.2) is 18.4 Å². The summed E-state index contributed by atoms with van der Waals surface area (Å²) in [7, 11) is 0. The first-order valence-electron chi connectivity index (χ1n) is 7.95. The number of likely N-dealkylation sites (tertiary alicyclic amines) is 1. The van der Waals surface area contributed by atoms with Gasteiger partial charge in [0.1, 0.15) is 11.6 Å². The molecule has 1 aliphatic carbocycles. The molecule has 1 saturated carbocycles. The Morgan fingerprint density at radius 3 is 2.30 bits per heavy atom. The molecule has 2 rings (SSSR count). The molecule has 2 fully saturated rings. The van der Waals surface area contributed by atoms with Gasteiger partial charge in [-0.2, -0.15) is 0 Å². The molecule has 0 spiro atoms. The molecular weight excluding hydrogens is 308 g/mol. The lowest BCUT2D eigenvalue weighted by molar-refractivity contribution is -0.154. The first-order chi connectivity index (χ1) is 10.3. The molecule has 1 saturated heterocycles. The molecular formula is C16H25F2NO4. The second-order valence-electron chi connectivity index (χ2n) is 7.89. The number of fused-ring (bicyclic) bond motifs is 1. The monoisotopic (exact) mass is 333 g/mol. The topological polar surface area (TPSA) is 66.8 Å². The highest BCUT2D eigenvalue weighted by molar-refractivity contribution is 5.81. The van der Waals surface area contributed by atoms with Crippen molar-refractivity contribution in [3.05, 3.63) is 0 Å². The van der Waals surface area contributed by atoms with Crippen LogP contribution in [0, 0.1) is 23.7 Å². The van der Waals surface area contributed by atoms with Crippen molar-refractivity contribution < 1.29 is 28.2 Å². The van der Waals surface area contributed by atoms with Crippen molar-refractivity contribution in [2.24, 2.45) is 23.7 Å². The van der Waals surface area contributed by atoms with Gasteiger partial charge in [0, 0.05) is 24.8 Å². The number of hydrogen-bond acceptors (Lipinski definition) is 3. The summed E-state index contributed by atoms with van der Waals surface area (Å²) in [6.07, 6.45) is -1.02. The van der Waals surface area contributed by atoms with Crippen molar-refractivity contribution in [3.8, 4) is 0 Å². The fraction of sp³-hybridized carbons (Fsp3) is 0.875. The van der Waals surface area contributed by atoms with Crippen LogP contribution in [0.3, 0.4) is 0 Å². The van der Waals surface area contributed by atoms with Gasteiger partial charge in [0.15, 0.2) is 0 Å². The Morgan fingerprint density at radius 2 is 1.83 bits per heavy atom. The van der Waals surface area contributed by atoms with E-state index in [9.17, 15) is 23.5 Å². The van der Waals surface area contributed by atoms with Crippen molar-refractivity contribution in [1.82, 2.24) is 4.90 Å². The van der Waals surface area contributed by atoms with Crippen LogP contribution in [0.2, 0.25) is 0 Å². The first-order valence-corrected chi connectivity index (χ1v) is 7.95. The van der Waals surface area contributed by atoms with Gasteiger partial charge in [-0.05, 0) is 32.6 Å². The Kier molecular flexibility index (Phi) is 4.37. The van der Waals surface area contributed by atoms with Gasteiger partial charge in [-0.3, -0.25) is 4.90 Å². The molecule has 5 atom stereocenters. The third kappa shape index (κ3) is 3.28. The number of rotatable bonds is 1. The van der Waals surface area contributed by atoms with Crippen LogP contribution in [0.4, 0.5) is 13.6 Å². The summed E-state index contributed by atoms with van der Waals surface area (Å²) in [5, 5.41) is 9.55. The van der Waals surface area contributed by atoms with Gasteiger partial charge in [0.25, 0.3) is 5.92 Å². The fourth-order valence-corrected chi connectivity index (χ4v) is 3.96. The van der Waals surface area contributed by atoms with Crippen LogP contribution in [0.5, 0.6) is 0 Å². The third-order valence-corrected chi connectivity index (χ3v) is 5.05. The van der Waals surface area contributed by atoms with E-state index >= 15 is 0 Å². The van der Waals surface area contributed by atoms with Crippen LogP contribution in [0.25, 0.3) is 0 Å². The smallest absolute Gasteiger partial charge is 0.411 e. The van der Waals surface area contributed by atoms with Crippen LogP contribution in [-0.4, -0.2) is 46.2 Å². The summed E-state index contributed by atoms with van der Waals surface area (Å²) >= 11 is 0. The van der Waals surface area contributed by atoms with E-state index in [1.807, 2.05) is 0 Å². The molecule has 1 amide bonds. The number of carboxylic acids is 1. The van der Waals surface area contributed by atoms with E-state index in [-0.39, 0.29) is 24.8 Å². The Balaban J connectivity index is 2.34. The average molecular weight is 333 g/mol. The Morgan fingerprint density at radius 1 is 1.26 bits per heavy atom. The maximum Gasteiger partial charge on any atom is 0.411 e. The number of ether oxygens (including phenoxy) is 1. The van der Waals surface area contributed by atoms with Gasteiger partial charge in [-0.1, -0.05) is 13.8 Å². The normalized spacial score (nSPS) is 36.5. The second kappa shape index (κ2) is 5.60. The minimum atomic E-state index is -2.92. The maximum absolute atomic E-state index is 14.2. The van der Waals surface area contributed by atoms with Crippen LogP contribution in [-0.2, 0) is 9.53 Å². The minimum Gasteiger partial charge on any atom is -0.480 e. The van der Waals surface area contributed by atoms with E-state index in [4.69, 9.17) is 4.74 Å². The van der Waals surface area contributed by atoms with Crippen molar-refractivity contribution in [1.29, 1.82) is 0 Å². The van der Waals surface area contributed by atoms with Crippen LogP contribution >= 0.6 is 0 Å². The number of alkyl halides is 2. The summed E-state index contributed by atoms with van der Waals surface area (Å²) in [6, 6.07) is -1.27. The van der Waals surface area contributed by atoms with Crippen LogP contribution in [0.1, 0.15) is 41.0 Å². The molecule has 23 heavy (non-hydrogen) atoms. The van der Waals surface area contributed by atoms with Crippen LogP contribution in [0.15, 0.2) is 0 Å². The van der Waals surface area contributed by atoms with E-state index in [0.717, 1.165) is 4.90 Å². The quantitative estimate of drug-likeness (QED) is 0.800. The molecule has 2 aliphatic rings. The third-order valence-electron chi connectivity index (χ3n) is 5.05. The summed E-state index contributed by atoms with van der Waals surface area (Å²) in [5.41, 5.74) is -0.769. The van der Waals surface area contributed by atoms with Gasteiger partial charge in [0.2, 0.25) is 0 Å². The predicted molar refractivity (Wildman–Crippen MR) is 79.2 cm³/mol. The summed E-state index contributed by atoms with van der Waals surface area (Å²) < 4.78 is 33.7. The van der Waals surface area contributed by atoms with E-state index in [2.05, 4.69) is 0 Å². The van der Waals surface area contributed by atoms with E-state index in [1.54, 1.807) is 27.7 Å². The molecule has 0 bridgehead atoms. The number of carboxylic acid groups (broad SMARTS) is 1. The standard InChI is InChI=1S/C16H25F2NO4/c1-8-6-16(17,18)9(2)11-10(8)7-19(12(11)13(20)21)14(22)23-15(3,4)5/h8-12H,6-7H2,1-5H3,(H,20,21)/t8-,9-,10+,11-,12-/m0/s1. The van der Waals surface area contributed by atoms with Crippen molar-refractivity contribution in [2.45, 2.75) is 58.6 Å². The number of amides is 1. The van der Waals surface area contributed by atoms with E-state index < -0.39 is 41.5 Å². The number of nitrogens with zero attached hydrogens (tertiary/aromatic N) is 1. The molecule has 0 aromatic rings. The minimum absolute atomic E-state index is 0.151. The van der Waals surface area contributed by atoms with E-state index in [0.29, 0.717) is 0 Å². The molecule has 0 aromatic heterocycles. The van der Waals surface area contributed by atoms with Crippen molar-refractivity contribution in [2.75, 3.05) is 6.54 Å². The molecule has 1 aliphatic heterocycles. The second-order valence-corrected chi connectivity index (χ2v) is 7.89. The molecule has 0 unspecified atom stereocenters. The number of carbonyl (C=O) groups is 2. The number of carbonyl (C=O) groups excluding carboxylic acids is 1.